The first-order chi connectivity index (χ1) is 8.58. The number of nitrogen functional groups attached to an aromatic ring is 1. The molecule has 92 valence electrons. The summed E-state index contributed by atoms with van der Waals surface area (Å²) in [6.07, 6.45) is 0.794. The summed E-state index contributed by atoms with van der Waals surface area (Å²) in [6, 6.07) is 6.53. The highest BCUT2D eigenvalue weighted by Crippen LogP contribution is 2.27. The Morgan fingerprint density at radius 2 is 2.17 bits per heavy atom. The molecule has 1 aromatic carbocycles. The van der Waals surface area contributed by atoms with Crippen molar-refractivity contribution in [2.45, 2.75) is 17.0 Å². The summed E-state index contributed by atoms with van der Waals surface area (Å²) in [5.74, 6) is 0.184. The summed E-state index contributed by atoms with van der Waals surface area (Å²) in [5, 5.41) is 0.432. The molecular formula is C12H11N3O2S. The van der Waals surface area contributed by atoms with E-state index in [4.69, 9.17) is 5.73 Å². The Balaban J connectivity index is 2.33. The number of benzene rings is 1. The van der Waals surface area contributed by atoms with Crippen LogP contribution < -0.4 is 11.3 Å². The third-order valence-corrected chi connectivity index (χ3v) is 3.35. The fourth-order valence-corrected chi connectivity index (χ4v) is 2.33. The molecule has 2 rings (SSSR count). The van der Waals surface area contributed by atoms with E-state index in [0.29, 0.717) is 10.7 Å². The molecule has 0 saturated heterocycles. The van der Waals surface area contributed by atoms with E-state index in [9.17, 15) is 9.59 Å². The summed E-state index contributed by atoms with van der Waals surface area (Å²) in [5.41, 5.74) is 6.78. The largest absolute Gasteiger partial charge is 0.383 e. The van der Waals surface area contributed by atoms with Crippen LogP contribution in [0.3, 0.4) is 0 Å². The van der Waals surface area contributed by atoms with Crippen LogP contribution in [0.4, 0.5) is 5.82 Å². The maximum Gasteiger partial charge on any atom is 0.253 e. The van der Waals surface area contributed by atoms with Gasteiger partial charge in [-0.1, -0.05) is 17.8 Å². The second-order valence-electron chi connectivity index (χ2n) is 3.72. The summed E-state index contributed by atoms with van der Waals surface area (Å²) >= 11 is 1.30. The van der Waals surface area contributed by atoms with Crippen LogP contribution in [-0.4, -0.2) is 16.3 Å². The van der Waals surface area contributed by atoms with Gasteiger partial charge in [0.15, 0.2) is 5.16 Å². The van der Waals surface area contributed by atoms with Crippen LogP contribution in [0.5, 0.6) is 0 Å². The molecule has 0 aliphatic rings. The van der Waals surface area contributed by atoms with E-state index < -0.39 is 0 Å². The monoisotopic (exact) mass is 261 g/mol. The standard InChI is InChI=1S/C12H11N3O2S/c1-7-4-8(6-16)2-3-9(7)18-12-14-10(13)5-11(17)15-12/h2-6H,1H3,(H3,13,14,15,17). The molecule has 5 nitrogen and oxygen atoms in total. The molecule has 0 amide bonds. The van der Waals surface area contributed by atoms with Crippen LogP contribution in [0.1, 0.15) is 15.9 Å². The zero-order valence-corrected chi connectivity index (χ0v) is 10.5. The van der Waals surface area contributed by atoms with Crippen LogP contribution >= 0.6 is 11.8 Å². The van der Waals surface area contributed by atoms with Gasteiger partial charge in [0.05, 0.1) is 0 Å². The molecule has 1 heterocycles. The summed E-state index contributed by atoms with van der Waals surface area (Å²) in [6.45, 7) is 1.89. The van der Waals surface area contributed by atoms with E-state index in [1.54, 1.807) is 12.1 Å². The van der Waals surface area contributed by atoms with Gasteiger partial charge >= 0.3 is 0 Å². The number of aromatic amines is 1. The van der Waals surface area contributed by atoms with Crippen molar-refractivity contribution in [1.82, 2.24) is 9.97 Å². The fraction of sp³-hybridized carbons (Fsp3) is 0.0833. The Labute approximate surface area is 107 Å². The molecule has 0 radical (unpaired) electrons. The smallest absolute Gasteiger partial charge is 0.253 e. The Bertz CT molecular complexity index is 652. The number of carbonyl (C=O) groups is 1. The Morgan fingerprint density at radius 3 is 2.78 bits per heavy atom. The lowest BCUT2D eigenvalue weighted by Crippen LogP contribution is -2.09. The second-order valence-corrected chi connectivity index (χ2v) is 4.75. The van der Waals surface area contributed by atoms with E-state index in [1.165, 1.54) is 17.8 Å². The van der Waals surface area contributed by atoms with Gasteiger partial charge in [0, 0.05) is 16.5 Å². The first-order valence-corrected chi connectivity index (χ1v) is 6.00. The van der Waals surface area contributed by atoms with Gasteiger partial charge in [-0.15, -0.1) is 0 Å². The van der Waals surface area contributed by atoms with Crippen molar-refractivity contribution in [2.75, 3.05) is 5.73 Å². The van der Waals surface area contributed by atoms with Gasteiger partial charge in [-0.05, 0) is 24.6 Å². The molecule has 0 unspecified atom stereocenters. The quantitative estimate of drug-likeness (QED) is 0.647. The molecule has 0 aliphatic carbocycles. The molecule has 0 saturated carbocycles. The van der Waals surface area contributed by atoms with Crippen molar-refractivity contribution < 1.29 is 4.79 Å². The average Bonchev–Trinajstić information content (AvgIpc) is 2.30. The van der Waals surface area contributed by atoms with Gasteiger partial charge in [0.25, 0.3) is 5.56 Å². The first kappa shape index (κ1) is 12.4. The molecule has 0 bridgehead atoms. The van der Waals surface area contributed by atoms with Gasteiger partial charge in [0.1, 0.15) is 12.1 Å². The van der Waals surface area contributed by atoms with E-state index in [1.807, 2.05) is 13.0 Å². The summed E-state index contributed by atoms with van der Waals surface area (Å²) in [4.78, 5) is 29.4. The van der Waals surface area contributed by atoms with Crippen molar-refractivity contribution in [3.63, 3.8) is 0 Å². The Kier molecular flexibility index (Phi) is 3.47. The van der Waals surface area contributed by atoms with Crippen LogP contribution in [0.15, 0.2) is 39.1 Å². The fourth-order valence-electron chi connectivity index (χ4n) is 1.47. The van der Waals surface area contributed by atoms with Gasteiger partial charge in [-0.2, -0.15) is 0 Å². The first-order valence-electron chi connectivity index (χ1n) is 5.19. The van der Waals surface area contributed by atoms with Crippen LogP contribution in [0.2, 0.25) is 0 Å². The molecule has 0 aliphatic heterocycles. The van der Waals surface area contributed by atoms with E-state index in [-0.39, 0.29) is 11.4 Å². The number of hydrogen-bond donors (Lipinski definition) is 2. The Morgan fingerprint density at radius 1 is 1.39 bits per heavy atom. The lowest BCUT2D eigenvalue weighted by atomic mass is 10.2. The van der Waals surface area contributed by atoms with Gasteiger partial charge in [-0.25, -0.2) is 4.98 Å². The lowest BCUT2D eigenvalue weighted by Gasteiger charge is -2.05. The van der Waals surface area contributed by atoms with Crippen molar-refractivity contribution >= 4 is 23.9 Å². The molecule has 2 aromatic rings. The highest BCUT2D eigenvalue weighted by atomic mass is 32.2. The molecule has 18 heavy (non-hydrogen) atoms. The highest BCUT2D eigenvalue weighted by molar-refractivity contribution is 7.99. The number of carbonyl (C=O) groups excluding carboxylic acids is 1. The number of rotatable bonds is 3. The molecule has 0 atom stereocenters. The molecular weight excluding hydrogens is 250 g/mol. The van der Waals surface area contributed by atoms with Gasteiger partial charge in [-0.3, -0.25) is 9.59 Å². The maximum absolute atomic E-state index is 11.3. The molecule has 6 heteroatoms. The third-order valence-electron chi connectivity index (χ3n) is 2.28. The second kappa shape index (κ2) is 5.05. The van der Waals surface area contributed by atoms with Crippen molar-refractivity contribution in [2.24, 2.45) is 0 Å². The number of aldehydes is 1. The topological polar surface area (TPSA) is 88.8 Å². The number of nitrogens with one attached hydrogen (secondary N) is 1. The molecule has 0 spiro atoms. The highest BCUT2D eigenvalue weighted by Gasteiger charge is 2.05. The van der Waals surface area contributed by atoms with Crippen LogP contribution in [0.25, 0.3) is 0 Å². The minimum atomic E-state index is -0.285. The minimum absolute atomic E-state index is 0.184. The number of nitrogens with zero attached hydrogens (tertiary/aromatic N) is 1. The van der Waals surface area contributed by atoms with Gasteiger partial charge in [0.2, 0.25) is 0 Å². The van der Waals surface area contributed by atoms with Crippen molar-refractivity contribution in [3.8, 4) is 0 Å². The number of anilines is 1. The Hall–Kier alpha value is -2.08. The lowest BCUT2D eigenvalue weighted by molar-refractivity contribution is 0.112. The number of hydrogen-bond acceptors (Lipinski definition) is 5. The summed E-state index contributed by atoms with van der Waals surface area (Å²) in [7, 11) is 0. The third kappa shape index (κ3) is 2.78. The van der Waals surface area contributed by atoms with E-state index in [0.717, 1.165) is 16.7 Å². The molecule has 1 aromatic heterocycles. The average molecular weight is 261 g/mol. The summed E-state index contributed by atoms with van der Waals surface area (Å²) < 4.78 is 0. The van der Waals surface area contributed by atoms with Crippen LogP contribution in [0, 0.1) is 6.92 Å². The van der Waals surface area contributed by atoms with Crippen molar-refractivity contribution in [3.05, 3.63) is 45.7 Å². The normalized spacial score (nSPS) is 10.3. The molecule has 3 N–H and O–H groups in total. The zero-order chi connectivity index (χ0) is 13.1. The molecule has 0 fully saturated rings. The number of H-pyrrole nitrogens is 1. The van der Waals surface area contributed by atoms with E-state index in [2.05, 4.69) is 9.97 Å². The predicted molar refractivity (Wildman–Crippen MR) is 70.0 cm³/mol. The minimum Gasteiger partial charge on any atom is -0.383 e. The van der Waals surface area contributed by atoms with E-state index >= 15 is 0 Å². The SMILES string of the molecule is Cc1cc(C=O)ccc1Sc1nc(N)cc(=O)[nH]1. The predicted octanol–water partition coefficient (Wildman–Crippen LogP) is 1.62. The van der Waals surface area contributed by atoms with Crippen molar-refractivity contribution in [1.29, 1.82) is 0 Å². The maximum atomic E-state index is 11.3. The number of aryl methyl sites for hydroxylation is 1. The zero-order valence-electron chi connectivity index (χ0n) is 9.64. The number of nitrogens with two attached hydrogens (primary N) is 1. The van der Waals surface area contributed by atoms with Crippen LogP contribution in [-0.2, 0) is 0 Å². The number of aromatic nitrogens is 2. The van der Waals surface area contributed by atoms with Gasteiger partial charge < -0.3 is 10.7 Å².